The van der Waals surface area contributed by atoms with Crippen molar-refractivity contribution in [3.63, 3.8) is 0 Å². The van der Waals surface area contributed by atoms with Gasteiger partial charge in [0.05, 0.1) is 17.8 Å². The van der Waals surface area contributed by atoms with Crippen LogP contribution in [0.2, 0.25) is 0 Å². The Morgan fingerprint density at radius 1 is 1.30 bits per heavy atom. The van der Waals surface area contributed by atoms with Crippen LogP contribution >= 0.6 is 0 Å². The molecule has 1 aliphatic rings. The first kappa shape index (κ1) is 18.9. The predicted octanol–water partition coefficient (Wildman–Crippen LogP) is 3.41. The largest absolute Gasteiger partial charge is 0.447 e. The maximum Gasteiger partial charge on any atom is 0.407 e. The third kappa shape index (κ3) is 3.82. The molecule has 3 rings (SSSR count). The number of carbonyl (C=O) groups is 2. The first-order valence-corrected chi connectivity index (χ1v) is 9.17. The molecule has 2 aromatic rings. The standard InChI is InChI=1S/C20H26N4O3/c1-12(2)27-20(26)22-17-10-13(3)24(14(4)25)19-7-6-15(11-16(17)19)18-8-9-21-23(18)5/h6-9,11-13,17H,10H2,1-5H3,(H,22,26)/t13-,17+/m0/s1. The summed E-state index contributed by atoms with van der Waals surface area (Å²) in [5.41, 5.74) is 3.68. The average molecular weight is 370 g/mol. The van der Waals surface area contributed by atoms with E-state index in [2.05, 4.69) is 10.4 Å². The van der Waals surface area contributed by atoms with Gasteiger partial charge in [0.2, 0.25) is 5.91 Å². The Hall–Kier alpha value is -2.83. The fourth-order valence-electron chi connectivity index (χ4n) is 3.69. The van der Waals surface area contributed by atoms with Crippen LogP contribution in [0.1, 0.15) is 45.7 Å². The molecule has 2 amide bonds. The zero-order valence-electron chi connectivity index (χ0n) is 16.4. The van der Waals surface area contributed by atoms with Crippen molar-refractivity contribution in [1.82, 2.24) is 15.1 Å². The third-order valence-corrected chi connectivity index (χ3v) is 4.77. The zero-order chi connectivity index (χ0) is 19.7. The molecule has 2 heterocycles. The van der Waals surface area contributed by atoms with Gasteiger partial charge in [0.15, 0.2) is 0 Å². The second-order valence-corrected chi connectivity index (χ2v) is 7.24. The minimum absolute atomic E-state index is 0.0137. The number of amides is 2. The lowest BCUT2D eigenvalue weighted by Gasteiger charge is -2.39. The van der Waals surface area contributed by atoms with E-state index in [4.69, 9.17) is 4.74 Å². The number of ether oxygens (including phenoxy) is 1. The van der Waals surface area contributed by atoms with E-state index < -0.39 is 6.09 Å². The monoisotopic (exact) mass is 370 g/mol. The summed E-state index contributed by atoms with van der Waals surface area (Å²) < 4.78 is 7.05. The number of nitrogens with one attached hydrogen (secondary N) is 1. The van der Waals surface area contributed by atoms with Crippen molar-refractivity contribution >= 4 is 17.7 Å². The van der Waals surface area contributed by atoms with Gasteiger partial charge >= 0.3 is 6.09 Å². The van der Waals surface area contributed by atoms with Crippen LogP contribution in [0.4, 0.5) is 10.5 Å². The summed E-state index contributed by atoms with van der Waals surface area (Å²) in [5, 5.41) is 7.18. The fraction of sp³-hybridized carbons (Fsp3) is 0.450. The van der Waals surface area contributed by atoms with Gasteiger partial charge in [-0.15, -0.1) is 0 Å². The van der Waals surface area contributed by atoms with Crippen LogP contribution < -0.4 is 10.2 Å². The van der Waals surface area contributed by atoms with Gasteiger partial charge in [0, 0.05) is 37.5 Å². The summed E-state index contributed by atoms with van der Waals surface area (Å²) >= 11 is 0. The van der Waals surface area contributed by atoms with E-state index in [1.807, 2.05) is 52.1 Å². The molecule has 1 aliphatic heterocycles. The molecule has 0 saturated heterocycles. The SMILES string of the molecule is CC(=O)N1c2ccc(-c3ccnn3C)cc2[C@H](NC(=O)OC(C)C)C[C@@H]1C. The molecule has 144 valence electrons. The molecular weight excluding hydrogens is 344 g/mol. The van der Waals surface area contributed by atoms with Crippen LogP contribution in [0.25, 0.3) is 11.3 Å². The number of aromatic nitrogens is 2. The van der Waals surface area contributed by atoms with Crippen LogP contribution in [-0.2, 0) is 16.6 Å². The van der Waals surface area contributed by atoms with Crippen LogP contribution in [-0.4, -0.2) is 33.9 Å². The number of carbonyl (C=O) groups excluding carboxylic acids is 2. The lowest BCUT2D eigenvalue weighted by Crippen LogP contribution is -2.45. The summed E-state index contributed by atoms with van der Waals surface area (Å²) in [7, 11) is 1.88. The second kappa shape index (κ2) is 7.42. The van der Waals surface area contributed by atoms with Crippen molar-refractivity contribution in [2.45, 2.75) is 52.3 Å². The van der Waals surface area contributed by atoms with Gasteiger partial charge in [-0.25, -0.2) is 4.79 Å². The molecule has 1 aromatic heterocycles. The lowest BCUT2D eigenvalue weighted by atomic mass is 9.90. The molecule has 2 atom stereocenters. The number of hydrogen-bond acceptors (Lipinski definition) is 4. The van der Waals surface area contributed by atoms with Crippen molar-refractivity contribution in [2.24, 2.45) is 7.05 Å². The Bertz CT molecular complexity index is 859. The van der Waals surface area contributed by atoms with E-state index >= 15 is 0 Å². The number of anilines is 1. The Labute approximate surface area is 159 Å². The Morgan fingerprint density at radius 2 is 2.04 bits per heavy atom. The summed E-state index contributed by atoms with van der Waals surface area (Å²) in [6.07, 6.45) is 1.72. The maximum absolute atomic E-state index is 12.2. The summed E-state index contributed by atoms with van der Waals surface area (Å²) in [6, 6.07) is 7.62. The molecule has 1 aromatic carbocycles. The zero-order valence-corrected chi connectivity index (χ0v) is 16.4. The first-order valence-electron chi connectivity index (χ1n) is 9.17. The molecular formula is C20H26N4O3. The van der Waals surface area contributed by atoms with Crippen molar-refractivity contribution in [3.05, 3.63) is 36.0 Å². The summed E-state index contributed by atoms with van der Waals surface area (Å²) in [6.45, 7) is 7.18. The molecule has 0 radical (unpaired) electrons. The van der Waals surface area contributed by atoms with Gasteiger partial charge in [0.1, 0.15) is 0 Å². The van der Waals surface area contributed by atoms with E-state index in [1.165, 1.54) is 0 Å². The molecule has 0 unspecified atom stereocenters. The van der Waals surface area contributed by atoms with E-state index in [-0.39, 0.29) is 24.1 Å². The normalized spacial score (nSPS) is 19.0. The number of alkyl carbamates (subject to hydrolysis) is 1. The molecule has 1 N–H and O–H groups in total. The highest BCUT2D eigenvalue weighted by atomic mass is 16.6. The quantitative estimate of drug-likeness (QED) is 0.898. The van der Waals surface area contributed by atoms with Crippen LogP contribution in [0.3, 0.4) is 0 Å². The summed E-state index contributed by atoms with van der Waals surface area (Å²) in [4.78, 5) is 26.2. The van der Waals surface area contributed by atoms with Gasteiger partial charge in [0.25, 0.3) is 0 Å². The Balaban J connectivity index is 2.03. The Morgan fingerprint density at radius 3 is 2.63 bits per heavy atom. The molecule has 0 saturated carbocycles. The molecule has 7 nitrogen and oxygen atoms in total. The van der Waals surface area contributed by atoms with Gasteiger partial charge in [-0.05, 0) is 51.0 Å². The number of aryl methyl sites for hydroxylation is 1. The number of fused-ring (bicyclic) bond motifs is 1. The third-order valence-electron chi connectivity index (χ3n) is 4.77. The molecule has 7 heteroatoms. The van der Waals surface area contributed by atoms with Crippen LogP contribution in [0, 0.1) is 0 Å². The van der Waals surface area contributed by atoms with Gasteiger partial charge < -0.3 is 15.0 Å². The Kier molecular flexibility index (Phi) is 5.21. The second-order valence-electron chi connectivity index (χ2n) is 7.24. The highest BCUT2D eigenvalue weighted by Gasteiger charge is 2.33. The molecule has 0 aliphatic carbocycles. The van der Waals surface area contributed by atoms with E-state index in [0.717, 1.165) is 22.5 Å². The number of hydrogen-bond donors (Lipinski definition) is 1. The van der Waals surface area contributed by atoms with Crippen molar-refractivity contribution < 1.29 is 14.3 Å². The molecule has 0 bridgehead atoms. The average Bonchev–Trinajstić information content (AvgIpc) is 2.99. The van der Waals surface area contributed by atoms with Crippen molar-refractivity contribution in [3.8, 4) is 11.3 Å². The van der Waals surface area contributed by atoms with Gasteiger partial charge in [-0.1, -0.05) is 6.07 Å². The van der Waals surface area contributed by atoms with E-state index in [1.54, 1.807) is 22.7 Å². The molecule has 27 heavy (non-hydrogen) atoms. The van der Waals surface area contributed by atoms with Crippen LogP contribution in [0.5, 0.6) is 0 Å². The first-order chi connectivity index (χ1) is 12.8. The molecule has 0 spiro atoms. The number of rotatable bonds is 3. The van der Waals surface area contributed by atoms with E-state index in [0.29, 0.717) is 6.42 Å². The topological polar surface area (TPSA) is 76.5 Å². The predicted molar refractivity (Wildman–Crippen MR) is 103 cm³/mol. The highest BCUT2D eigenvalue weighted by molar-refractivity contribution is 5.94. The number of nitrogens with zero attached hydrogens (tertiary/aromatic N) is 3. The lowest BCUT2D eigenvalue weighted by molar-refractivity contribution is -0.117. The van der Waals surface area contributed by atoms with Crippen LogP contribution in [0.15, 0.2) is 30.5 Å². The van der Waals surface area contributed by atoms with Gasteiger partial charge in [-0.2, -0.15) is 5.10 Å². The smallest absolute Gasteiger partial charge is 0.407 e. The van der Waals surface area contributed by atoms with Crippen molar-refractivity contribution in [2.75, 3.05) is 4.90 Å². The molecule has 0 fully saturated rings. The van der Waals surface area contributed by atoms with Gasteiger partial charge in [-0.3, -0.25) is 9.48 Å². The highest BCUT2D eigenvalue weighted by Crippen LogP contribution is 2.39. The number of benzene rings is 1. The minimum atomic E-state index is -0.449. The van der Waals surface area contributed by atoms with E-state index in [9.17, 15) is 9.59 Å². The fourth-order valence-corrected chi connectivity index (χ4v) is 3.69. The minimum Gasteiger partial charge on any atom is -0.447 e. The maximum atomic E-state index is 12.2. The summed E-state index contributed by atoms with van der Waals surface area (Å²) in [5.74, 6) is -0.0137. The van der Waals surface area contributed by atoms with Crippen molar-refractivity contribution in [1.29, 1.82) is 0 Å².